The van der Waals surface area contributed by atoms with Crippen molar-refractivity contribution in [3.05, 3.63) is 35.9 Å². The molecule has 1 aliphatic rings. The highest BCUT2D eigenvalue weighted by Gasteiger charge is 2.38. The Balaban J connectivity index is 2.16. The fourth-order valence-electron chi connectivity index (χ4n) is 3.89. The van der Waals surface area contributed by atoms with Gasteiger partial charge in [0.25, 0.3) is 0 Å². The summed E-state index contributed by atoms with van der Waals surface area (Å²) < 4.78 is 0. The Labute approximate surface area is 118 Å². The Morgan fingerprint density at radius 2 is 1.53 bits per heavy atom. The monoisotopic (exact) mass is 260 g/mol. The molecule has 0 bridgehead atoms. The maximum Gasteiger partial charge on any atom is 0.0659 e. The van der Waals surface area contributed by atoms with Crippen molar-refractivity contribution in [2.24, 2.45) is 17.8 Å². The van der Waals surface area contributed by atoms with Gasteiger partial charge in [0, 0.05) is 5.41 Å². The van der Waals surface area contributed by atoms with Crippen molar-refractivity contribution in [3.63, 3.8) is 0 Å². The zero-order valence-corrected chi connectivity index (χ0v) is 12.8. The van der Waals surface area contributed by atoms with Gasteiger partial charge in [-0.2, -0.15) is 0 Å². The van der Waals surface area contributed by atoms with Crippen molar-refractivity contribution in [1.29, 1.82) is 0 Å². The van der Waals surface area contributed by atoms with Gasteiger partial charge in [0.2, 0.25) is 0 Å². The molecule has 0 heterocycles. The van der Waals surface area contributed by atoms with Crippen LogP contribution in [-0.2, 0) is 5.41 Å². The third kappa shape index (κ3) is 3.20. The van der Waals surface area contributed by atoms with Crippen LogP contribution in [0.25, 0.3) is 0 Å². The standard InChI is InChI=1S/C18H28O/c1-13-10-14(2)12-15(11-13)17(19)18(3,4)16-8-6-5-7-9-16/h5-9,13-15,17,19H,10-12H2,1-4H3. The first-order valence-corrected chi connectivity index (χ1v) is 7.65. The van der Waals surface area contributed by atoms with Crippen molar-refractivity contribution in [2.45, 2.75) is 58.5 Å². The maximum atomic E-state index is 10.9. The smallest absolute Gasteiger partial charge is 0.0659 e. The first kappa shape index (κ1) is 14.6. The van der Waals surface area contributed by atoms with E-state index in [1.54, 1.807) is 0 Å². The molecular formula is C18H28O. The molecule has 106 valence electrons. The van der Waals surface area contributed by atoms with Crippen LogP contribution in [0.1, 0.15) is 52.5 Å². The second-order valence-corrected chi connectivity index (χ2v) is 7.21. The van der Waals surface area contributed by atoms with E-state index >= 15 is 0 Å². The summed E-state index contributed by atoms with van der Waals surface area (Å²) >= 11 is 0. The van der Waals surface area contributed by atoms with Gasteiger partial charge in [-0.05, 0) is 42.6 Å². The van der Waals surface area contributed by atoms with Crippen LogP contribution in [-0.4, -0.2) is 11.2 Å². The summed E-state index contributed by atoms with van der Waals surface area (Å²) in [6, 6.07) is 10.4. The molecule has 0 aliphatic heterocycles. The number of rotatable bonds is 3. The van der Waals surface area contributed by atoms with E-state index in [9.17, 15) is 5.11 Å². The average molecular weight is 260 g/mol. The second-order valence-electron chi connectivity index (χ2n) is 7.21. The lowest BCUT2D eigenvalue weighted by molar-refractivity contribution is 0.00733. The molecule has 3 atom stereocenters. The Morgan fingerprint density at radius 3 is 2.05 bits per heavy atom. The molecule has 1 fully saturated rings. The van der Waals surface area contributed by atoms with Crippen molar-refractivity contribution >= 4 is 0 Å². The molecule has 0 spiro atoms. The van der Waals surface area contributed by atoms with Gasteiger partial charge in [-0.1, -0.05) is 58.0 Å². The van der Waals surface area contributed by atoms with Gasteiger partial charge in [-0.3, -0.25) is 0 Å². The minimum atomic E-state index is -0.250. The lowest BCUT2D eigenvalue weighted by Crippen LogP contribution is -2.42. The van der Waals surface area contributed by atoms with E-state index in [2.05, 4.69) is 52.0 Å². The predicted octanol–water partition coefficient (Wildman–Crippen LogP) is 4.40. The van der Waals surface area contributed by atoms with Crippen LogP contribution >= 0.6 is 0 Å². The van der Waals surface area contributed by atoms with Gasteiger partial charge >= 0.3 is 0 Å². The molecule has 1 aromatic carbocycles. The molecule has 0 radical (unpaired) electrons. The Kier molecular flexibility index (Phi) is 4.35. The van der Waals surface area contributed by atoms with Gasteiger partial charge in [-0.15, -0.1) is 0 Å². The molecule has 1 saturated carbocycles. The normalized spacial score (nSPS) is 30.1. The summed E-state index contributed by atoms with van der Waals surface area (Å²) in [5.41, 5.74) is 1.08. The lowest BCUT2D eigenvalue weighted by Gasteiger charge is -2.41. The van der Waals surface area contributed by atoms with E-state index in [0.29, 0.717) is 5.92 Å². The number of hydrogen-bond donors (Lipinski definition) is 1. The molecule has 2 rings (SSSR count). The first-order chi connectivity index (χ1) is 8.91. The topological polar surface area (TPSA) is 20.2 Å². The van der Waals surface area contributed by atoms with Crippen molar-refractivity contribution in [1.82, 2.24) is 0 Å². The molecule has 1 heteroatoms. The van der Waals surface area contributed by atoms with Gasteiger partial charge in [0.05, 0.1) is 6.10 Å². The van der Waals surface area contributed by atoms with Crippen LogP contribution in [0.3, 0.4) is 0 Å². The van der Waals surface area contributed by atoms with Gasteiger partial charge in [0.1, 0.15) is 0 Å². The van der Waals surface area contributed by atoms with Crippen LogP contribution in [0.4, 0.5) is 0 Å². The zero-order valence-electron chi connectivity index (χ0n) is 12.8. The highest BCUT2D eigenvalue weighted by atomic mass is 16.3. The van der Waals surface area contributed by atoms with E-state index in [1.165, 1.54) is 24.8 Å². The van der Waals surface area contributed by atoms with Crippen LogP contribution in [0.15, 0.2) is 30.3 Å². The van der Waals surface area contributed by atoms with Crippen LogP contribution < -0.4 is 0 Å². The Hall–Kier alpha value is -0.820. The minimum Gasteiger partial charge on any atom is -0.392 e. The third-order valence-electron chi connectivity index (χ3n) is 4.92. The number of benzene rings is 1. The SMILES string of the molecule is CC1CC(C)CC(C(O)C(C)(C)c2ccccc2)C1. The van der Waals surface area contributed by atoms with Crippen molar-refractivity contribution in [2.75, 3.05) is 0 Å². The second kappa shape index (κ2) is 5.66. The summed E-state index contributed by atoms with van der Waals surface area (Å²) in [7, 11) is 0. The minimum absolute atomic E-state index is 0.164. The molecule has 3 unspecified atom stereocenters. The average Bonchev–Trinajstić information content (AvgIpc) is 2.37. The Bertz CT molecular complexity index is 385. The fraction of sp³-hybridized carbons (Fsp3) is 0.667. The highest BCUT2D eigenvalue weighted by molar-refractivity contribution is 5.25. The molecule has 0 saturated heterocycles. The van der Waals surface area contributed by atoms with Crippen LogP contribution in [0.2, 0.25) is 0 Å². The van der Waals surface area contributed by atoms with Crippen molar-refractivity contribution in [3.8, 4) is 0 Å². The summed E-state index contributed by atoms with van der Waals surface area (Å²) in [4.78, 5) is 0. The molecule has 19 heavy (non-hydrogen) atoms. The van der Waals surface area contributed by atoms with E-state index in [-0.39, 0.29) is 11.5 Å². The molecule has 1 aromatic rings. The van der Waals surface area contributed by atoms with E-state index < -0.39 is 0 Å². The maximum absolute atomic E-state index is 10.9. The quantitative estimate of drug-likeness (QED) is 0.854. The largest absolute Gasteiger partial charge is 0.392 e. The van der Waals surface area contributed by atoms with E-state index in [4.69, 9.17) is 0 Å². The summed E-state index contributed by atoms with van der Waals surface area (Å²) in [6.45, 7) is 9.00. The van der Waals surface area contributed by atoms with Crippen LogP contribution in [0.5, 0.6) is 0 Å². The molecule has 1 nitrogen and oxygen atoms in total. The summed E-state index contributed by atoms with van der Waals surface area (Å²) in [6.07, 6.45) is 3.40. The zero-order chi connectivity index (χ0) is 14.0. The first-order valence-electron chi connectivity index (χ1n) is 7.65. The molecule has 0 aromatic heterocycles. The van der Waals surface area contributed by atoms with Gasteiger partial charge < -0.3 is 5.11 Å². The molecule has 1 aliphatic carbocycles. The summed E-state index contributed by atoms with van der Waals surface area (Å²) in [5, 5.41) is 10.9. The summed E-state index contributed by atoms with van der Waals surface area (Å²) in [5.74, 6) is 1.93. The number of aliphatic hydroxyl groups excluding tert-OH is 1. The highest BCUT2D eigenvalue weighted by Crippen LogP contribution is 2.40. The van der Waals surface area contributed by atoms with E-state index in [1.807, 2.05) is 6.07 Å². The number of aliphatic hydroxyl groups is 1. The molecule has 0 amide bonds. The van der Waals surface area contributed by atoms with Crippen LogP contribution in [0, 0.1) is 17.8 Å². The third-order valence-corrected chi connectivity index (χ3v) is 4.92. The predicted molar refractivity (Wildman–Crippen MR) is 81.1 cm³/mol. The number of hydrogen-bond acceptors (Lipinski definition) is 1. The van der Waals surface area contributed by atoms with Gasteiger partial charge in [-0.25, -0.2) is 0 Å². The van der Waals surface area contributed by atoms with E-state index in [0.717, 1.165) is 11.8 Å². The lowest BCUT2D eigenvalue weighted by atomic mass is 9.67. The fourth-order valence-corrected chi connectivity index (χ4v) is 3.89. The molecular weight excluding hydrogens is 232 g/mol. The Morgan fingerprint density at radius 1 is 1.00 bits per heavy atom. The van der Waals surface area contributed by atoms with Gasteiger partial charge in [0.15, 0.2) is 0 Å². The van der Waals surface area contributed by atoms with Crippen molar-refractivity contribution < 1.29 is 5.11 Å². The molecule has 1 N–H and O–H groups in total.